The zero-order valence-corrected chi connectivity index (χ0v) is 15.5. The van der Waals surface area contributed by atoms with Crippen LogP contribution in [0.4, 0.5) is 23.7 Å². The fourth-order valence-electron chi connectivity index (χ4n) is 3.68. The summed E-state index contributed by atoms with van der Waals surface area (Å²) in [6.07, 6.45) is -5.52. The van der Waals surface area contributed by atoms with Crippen molar-refractivity contribution in [3.05, 3.63) is 89.0 Å². The van der Waals surface area contributed by atoms with Crippen LogP contribution in [0.25, 0.3) is 11.1 Å². The summed E-state index contributed by atoms with van der Waals surface area (Å²) < 4.78 is 44.3. The first-order valence-electron chi connectivity index (χ1n) is 9.11. The van der Waals surface area contributed by atoms with Gasteiger partial charge in [-0.1, -0.05) is 48.5 Å². The van der Waals surface area contributed by atoms with Gasteiger partial charge in [-0.3, -0.25) is 5.32 Å². The Hall–Kier alpha value is -3.79. The average molecular weight is 408 g/mol. The molecule has 7 heteroatoms. The Morgan fingerprint density at radius 1 is 1.00 bits per heavy atom. The quantitative estimate of drug-likeness (QED) is 0.584. The van der Waals surface area contributed by atoms with Crippen LogP contribution < -0.4 is 5.32 Å². The van der Waals surface area contributed by atoms with Gasteiger partial charge >= 0.3 is 12.3 Å². The van der Waals surface area contributed by atoms with Gasteiger partial charge in [0.2, 0.25) is 0 Å². The van der Waals surface area contributed by atoms with Gasteiger partial charge in [0.1, 0.15) is 6.61 Å². The first kappa shape index (κ1) is 19.5. The van der Waals surface area contributed by atoms with E-state index >= 15 is 0 Å². The molecule has 30 heavy (non-hydrogen) atoms. The van der Waals surface area contributed by atoms with Crippen molar-refractivity contribution in [3.8, 4) is 17.2 Å². The van der Waals surface area contributed by atoms with Gasteiger partial charge in [0, 0.05) is 11.6 Å². The molecule has 0 spiro atoms. The minimum absolute atomic E-state index is 0.0317. The fourth-order valence-corrected chi connectivity index (χ4v) is 3.68. The Bertz CT molecular complexity index is 1120. The molecule has 150 valence electrons. The lowest BCUT2D eigenvalue weighted by Gasteiger charge is -2.15. The van der Waals surface area contributed by atoms with Crippen LogP contribution in [0.15, 0.2) is 66.7 Å². The molecule has 0 atom stereocenters. The summed E-state index contributed by atoms with van der Waals surface area (Å²) in [5, 5.41) is 11.2. The summed E-state index contributed by atoms with van der Waals surface area (Å²) >= 11 is 0. The highest BCUT2D eigenvalue weighted by Crippen LogP contribution is 2.44. The molecule has 0 saturated heterocycles. The summed E-state index contributed by atoms with van der Waals surface area (Å²) in [6.45, 7) is 0.0317. The molecule has 0 fully saturated rings. The maximum Gasteiger partial charge on any atom is 0.416 e. The molecule has 3 aromatic carbocycles. The fraction of sp³-hybridized carbons (Fsp3) is 0.130. The molecule has 0 bridgehead atoms. The van der Waals surface area contributed by atoms with Crippen LogP contribution in [0, 0.1) is 11.3 Å². The van der Waals surface area contributed by atoms with E-state index in [0.29, 0.717) is 0 Å². The van der Waals surface area contributed by atoms with E-state index in [9.17, 15) is 18.0 Å². The first-order chi connectivity index (χ1) is 14.4. The van der Waals surface area contributed by atoms with E-state index in [1.807, 2.05) is 48.5 Å². The van der Waals surface area contributed by atoms with Gasteiger partial charge in [-0.15, -0.1) is 0 Å². The number of carbonyl (C=O) groups excluding carboxylic acids is 1. The molecule has 0 saturated carbocycles. The maximum absolute atomic E-state index is 13.0. The van der Waals surface area contributed by atoms with Crippen molar-refractivity contribution in [1.29, 1.82) is 5.26 Å². The second kappa shape index (κ2) is 7.56. The van der Waals surface area contributed by atoms with E-state index in [0.717, 1.165) is 40.5 Å². The lowest BCUT2D eigenvalue weighted by molar-refractivity contribution is -0.137. The van der Waals surface area contributed by atoms with Gasteiger partial charge in [0.05, 0.1) is 17.2 Å². The van der Waals surface area contributed by atoms with Crippen LogP contribution in [0.2, 0.25) is 0 Å². The second-order valence-electron chi connectivity index (χ2n) is 6.86. The predicted molar refractivity (Wildman–Crippen MR) is 105 cm³/mol. The number of fused-ring (bicyclic) bond motifs is 3. The number of ether oxygens (including phenoxy) is 1. The molecule has 4 rings (SSSR count). The molecular formula is C23H15F3N2O2. The minimum Gasteiger partial charge on any atom is -0.448 e. The topological polar surface area (TPSA) is 62.1 Å². The van der Waals surface area contributed by atoms with Gasteiger partial charge in [-0.2, -0.15) is 18.4 Å². The third kappa shape index (κ3) is 3.72. The van der Waals surface area contributed by atoms with Crippen LogP contribution in [-0.2, 0) is 10.9 Å². The summed E-state index contributed by atoms with van der Waals surface area (Å²) in [7, 11) is 0. The van der Waals surface area contributed by atoms with Gasteiger partial charge in [0.25, 0.3) is 0 Å². The minimum atomic E-state index is -4.63. The Morgan fingerprint density at radius 3 is 2.17 bits per heavy atom. The number of nitriles is 1. The van der Waals surface area contributed by atoms with Gasteiger partial charge < -0.3 is 4.74 Å². The molecule has 1 aliphatic carbocycles. The number of hydrogen-bond acceptors (Lipinski definition) is 3. The second-order valence-corrected chi connectivity index (χ2v) is 6.86. The molecule has 0 unspecified atom stereocenters. The van der Waals surface area contributed by atoms with Crippen LogP contribution >= 0.6 is 0 Å². The van der Waals surface area contributed by atoms with Crippen molar-refractivity contribution in [2.24, 2.45) is 0 Å². The van der Waals surface area contributed by atoms with Crippen molar-refractivity contribution in [2.75, 3.05) is 11.9 Å². The standard InChI is InChI=1S/C23H15F3N2O2/c24-23(25,26)15-9-14(12-27)10-16(11-15)28-22(29)30-13-21-19-7-3-1-5-17(19)18-6-2-4-8-20(18)21/h1-11,21H,13H2,(H,28,29). The number of anilines is 1. The van der Waals surface area contributed by atoms with Gasteiger partial charge in [0.15, 0.2) is 0 Å². The smallest absolute Gasteiger partial charge is 0.416 e. The van der Waals surface area contributed by atoms with Crippen molar-refractivity contribution in [1.82, 2.24) is 0 Å². The number of alkyl halides is 3. The number of hydrogen-bond donors (Lipinski definition) is 1. The van der Waals surface area contributed by atoms with E-state index in [2.05, 4.69) is 5.32 Å². The largest absolute Gasteiger partial charge is 0.448 e. The lowest BCUT2D eigenvalue weighted by atomic mass is 9.98. The number of carbonyl (C=O) groups is 1. The van der Waals surface area contributed by atoms with Gasteiger partial charge in [-0.25, -0.2) is 4.79 Å². The normalized spacial score (nSPS) is 12.6. The molecule has 0 aromatic heterocycles. The number of amides is 1. The Labute approximate surface area is 170 Å². The average Bonchev–Trinajstić information content (AvgIpc) is 3.05. The highest BCUT2D eigenvalue weighted by Gasteiger charge is 2.32. The number of halogens is 3. The molecule has 1 amide bonds. The van der Waals surface area contributed by atoms with Crippen molar-refractivity contribution in [3.63, 3.8) is 0 Å². The molecule has 0 aliphatic heterocycles. The SMILES string of the molecule is N#Cc1cc(NC(=O)OCC2c3ccccc3-c3ccccc32)cc(C(F)(F)F)c1. The number of nitrogens with one attached hydrogen (secondary N) is 1. The van der Waals surface area contributed by atoms with Crippen molar-refractivity contribution < 1.29 is 22.7 Å². The van der Waals surface area contributed by atoms with Crippen LogP contribution in [0.1, 0.15) is 28.2 Å². The summed E-state index contributed by atoms with van der Waals surface area (Å²) in [4.78, 5) is 12.3. The highest BCUT2D eigenvalue weighted by atomic mass is 19.4. The molecule has 4 nitrogen and oxygen atoms in total. The number of nitrogens with zero attached hydrogens (tertiary/aromatic N) is 1. The number of benzene rings is 3. The lowest BCUT2D eigenvalue weighted by Crippen LogP contribution is -2.18. The molecular weight excluding hydrogens is 393 g/mol. The molecule has 3 aromatic rings. The molecule has 0 radical (unpaired) electrons. The van der Waals surface area contributed by atoms with E-state index in [1.165, 1.54) is 0 Å². The monoisotopic (exact) mass is 408 g/mol. The molecule has 1 N–H and O–H groups in total. The van der Waals surface area contributed by atoms with Crippen molar-refractivity contribution in [2.45, 2.75) is 12.1 Å². The van der Waals surface area contributed by atoms with Crippen molar-refractivity contribution >= 4 is 11.8 Å². The zero-order valence-electron chi connectivity index (χ0n) is 15.5. The van der Waals surface area contributed by atoms with Crippen LogP contribution in [-0.4, -0.2) is 12.7 Å². The maximum atomic E-state index is 13.0. The van der Waals surface area contributed by atoms with E-state index in [1.54, 1.807) is 6.07 Å². The van der Waals surface area contributed by atoms with Gasteiger partial charge in [-0.05, 0) is 40.5 Å². The van der Waals surface area contributed by atoms with E-state index in [4.69, 9.17) is 10.00 Å². The summed E-state index contributed by atoms with van der Waals surface area (Å²) in [5.74, 6) is -0.167. The Balaban J connectivity index is 1.51. The highest BCUT2D eigenvalue weighted by molar-refractivity contribution is 5.85. The third-order valence-corrected chi connectivity index (χ3v) is 4.98. The van der Waals surface area contributed by atoms with E-state index in [-0.39, 0.29) is 23.8 Å². The first-order valence-corrected chi connectivity index (χ1v) is 9.11. The molecule has 0 heterocycles. The summed E-state index contributed by atoms with van der Waals surface area (Å²) in [6, 6.07) is 19.9. The zero-order chi connectivity index (χ0) is 21.3. The Morgan fingerprint density at radius 2 is 1.60 bits per heavy atom. The van der Waals surface area contributed by atoms with E-state index < -0.39 is 17.8 Å². The summed E-state index contributed by atoms with van der Waals surface area (Å²) in [5.41, 5.74) is 2.81. The number of rotatable bonds is 3. The van der Waals surface area contributed by atoms with Crippen LogP contribution in [0.3, 0.4) is 0 Å². The van der Waals surface area contributed by atoms with Crippen LogP contribution in [0.5, 0.6) is 0 Å². The predicted octanol–water partition coefficient (Wildman–Crippen LogP) is 5.94. The molecule has 1 aliphatic rings. The Kier molecular flexibility index (Phi) is 4.92. The third-order valence-electron chi connectivity index (χ3n) is 4.98.